The first kappa shape index (κ1) is 15.4. The van der Waals surface area contributed by atoms with E-state index in [1.807, 2.05) is 27.8 Å². The lowest BCUT2D eigenvalue weighted by Gasteiger charge is -2.24. The second-order valence-corrected chi connectivity index (χ2v) is 8.10. The minimum atomic E-state index is -0.441. The van der Waals surface area contributed by atoms with Crippen molar-refractivity contribution < 1.29 is 9.53 Å². The molecular weight excluding hydrogens is 296 g/mol. The zero-order chi connectivity index (χ0) is 14.8. The number of rotatable bonds is 3. The zero-order valence-corrected chi connectivity index (χ0v) is 13.8. The fraction of sp³-hybridized carbons (Fsp3) is 0.750. The van der Waals surface area contributed by atoms with E-state index in [0.717, 1.165) is 22.4 Å². The predicted molar refractivity (Wildman–Crippen MR) is 81.5 cm³/mol. The van der Waals surface area contributed by atoms with E-state index >= 15 is 0 Å². The van der Waals surface area contributed by atoms with Gasteiger partial charge in [-0.1, -0.05) is 23.1 Å². The van der Waals surface area contributed by atoms with Crippen LogP contribution in [0, 0.1) is 0 Å². The molecule has 1 aliphatic heterocycles. The summed E-state index contributed by atoms with van der Waals surface area (Å²) in [7, 11) is 1.83. The van der Waals surface area contributed by atoms with E-state index in [1.165, 1.54) is 11.3 Å². The number of nitrogens with zero attached hydrogens (tertiary/aromatic N) is 3. The van der Waals surface area contributed by atoms with Crippen molar-refractivity contribution in [1.82, 2.24) is 15.1 Å². The summed E-state index contributed by atoms with van der Waals surface area (Å²) in [6.45, 7) is 7.09. The molecular formula is C12H20N4O2S2. The van der Waals surface area contributed by atoms with E-state index < -0.39 is 5.60 Å². The van der Waals surface area contributed by atoms with Crippen molar-refractivity contribution in [2.24, 2.45) is 0 Å². The van der Waals surface area contributed by atoms with Crippen LogP contribution in [0.1, 0.15) is 27.2 Å². The number of ether oxygens (including phenoxy) is 1. The highest BCUT2D eigenvalue weighted by Gasteiger charge is 2.30. The fourth-order valence-electron chi connectivity index (χ4n) is 1.82. The molecule has 1 aromatic heterocycles. The molecule has 1 saturated heterocycles. The van der Waals surface area contributed by atoms with Gasteiger partial charge in [0.1, 0.15) is 5.60 Å². The summed E-state index contributed by atoms with van der Waals surface area (Å²) >= 11 is 3.22. The third-order valence-electron chi connectivity index (χ3n) is 2.68. The average Bonchev–Trinajstić information content (AvgIpc) is 2.96. The molecule has 1 unspecified atom stereocenters. The Labute approximate surface area is 127 Å². The normalized spacial score (nSPS) is 19.2. The van der Waals surface area contributed by atoms with Crippen molar-refractivity contribution in [2.75, 3.05) is 25.5 Å². The lowest BCUT2D eigenvalue weighted by molar-refractivity contribution is 0.0295. The monoisotopic (exact) mass is 316 g/mol. The second kappa shape index (κ2) is 6.17. The van der Waals surface area contributed by atoms with Crippen molar-refractivity contribution in [2.45, 2.75) is 42.4 Å². The Morgan fingerprint density at radius 2 is 2.25 bits per heavy atom. The smallest absolute Gasteiger partial charge is 0.410 e. The number of hydrogen-bond acceptors (Lipinski definition) is 7. The second-order valence-electron chi connectivity index (χ2n) is 5.58. The highest BCUT2D eigenvalue weighted by molar-refractivity contribution is 8.01. The molecule has 2 rings (SSSR count). The molecule has 1 N–H and O–H groups in total. The number of anilines is 1. The number of carbonyl (C=O) groups is 1. The summed E-state index contributed by atoms with van der Waals surface area (Å²) in [6, 6.07) is 0. The summed E-state index contributed by atoms with van der Waals surface area (Å²) < 4.78 is 6.32. The first-order valence-corrected chi connectivity index (χ1v) is 8.23. The maximum absolute atomic E-state index is 12.0. The first-order chi connectivity index (χ1) is 9.37. The number of amides is 1. The molecule has 8 heteroatoms. The van der Waals surface area contributed by atoms with Crippen LogP contribution in [-0.2, 0) is 4.74 Å². The Hall–Kier alpha value is -1.02. The van der Waals surface area contributed by atoms with Crippen molar-refractivity contribution in [1.29, 1.82) is 0 Å². The van der Waals surface area contributed by atoms with E-state index in [4.69, 9.17) is 4.74 Å². The van der Waals surface area contributed by atoms with Gasteiger partial charge in [-0.3, -0.25) is 0 Å². The van der Waals surface area contributed by atoms with Crippen LogP contribution in [0.2, 0.25) is 0 Å². The summed E-state index contributed by atoms with van der Waals surface area (Å²) in [4.78, 5) is 13.7. The molecule has 6 nitrogen and oxygen atoms in total. The Kier molecular flexibility index (Phi) is 4.74. The van der Waals surface area contributed by atoms with Gasteiger partial charge in [-0.05, 0) is 27.2 Å². The molecule has 1 aliphatic rings. The molecule has 0 radical (unpaired) electrons. The number of aromatic nitrogens is 2. The average molecular weight is 316 g/mol. The van der Waals surface area contributed by atoms with Crippen LogP contribution in [0.15, 0.2) is 4.34 Å². The van der Waals surface area contributed by atoms with Gasteiger partial charge >= 0.3 is 6.09 Å². The zero-order valence-electron chi connectivity index (χ0n) is 12.2. The van der Waals surface area contributed by atoms with Gasteiger partial charge in [0.25, 0.3) is 0 Å². The van der Waals surface area contributed by atoms with Crippen LogP contribution in [0.25, 0.3) is 0 Å². The van der Waals surface area contributed by atoms with Gasteiger partial charge in [0.05, 0.1) is 0 Å². The van der Waals surface area contributed by atoms with E-state index in [-0.39, 0.29) is 6.09 Å². The van der Waals surface area contributed by atoms with E-state index in [1.54, 1.807) is 16.7 Å². The van der Waals surface area contributed by atoms with Gasteiger partial charge in [0.15, 0.2) is 4.34 Å². The SMILES string of the molecule is CNc1nnc(SC2CCN(C(=O)OC(C)(C)C)C2)s1. The number of nitrogens with one attached hydrogen (secondary N) is 1. The maximum atomic E-state index is 12.0. The van der Waals surface area contributed by atoms with Crippen LogP contribution in [-0.4, -0.2) is 52.2 Å². The quantitative estimate of drug-likeness (QED) is 0.925. The molecule has 1 atom stereocenters. The molecule has 0 saturated carbocycles. The standard InChI is InChI=1S/C12H20N4O2S2/c1-12(2,3)18-11(17)16-6-5-8(7-16)19-10-15-14-9(13-4)20-10/h8H,5-7H2,1-4H3,(H,13,14). The number of thioether (sulfide) groups is 1. The molecule has 20 heavy (non-hydrogen) atoms. The van der Waals surface area contributed by atoms with E-state index in [0.29, 0.717) is 11.8 Å². The third-order valence-corrected chi connectivity index (χ3v) is 4.96. The molecule has 1 amide bonds. The molecule has 2 heterocycles. The summed E-state index contributed by atoms with van der Waals surface area (Å²) in [5.41, 5.74) is -0.441. The Morgan fingerprint density at radius 3 is 2.85 bits per heavy atom. The lowest BCUT2D eigenvalue weighted by atomic mass is 10.2. The highest BCUT2D eigenvalue weighted by Crippen LogP contribution is 2.33. The van der Waals surface area contributed by atoms with Crippen molar-refractivity contribution >= 4 is 34.3 Å². The van der Waals surface area contributed by atoms with Gasteiger partial charge in [-0.2, -0.15) is 0 Å². The maximum Gasteiger partial charge on any atom is 0.410 e. The van der Waals surface area contributed by atoms with Gasteiger partial charge in [0, 0.05) is 25.4 Å². The van der Waals surface area contributed by atoms with Crippen LogP contribution >= 0.6 is 23.1 Å². The van der Waals surface area contributed by atoms with E-state index in [2.05, 4.69) is 15.5 Å². The van der Waals surface area contributed by atoms with Crippen LogP contribution in [0.4, 0.5) is 9.93 Å². The number of hydrogen-bond donors (Lipinski definition) is 1. The molecule has 0 spiro atoms. The Bertz CT molecular complexity index is 472. The van der Waals surface area contributed by atoms with Crippen molar-refractivity contribution in [3.63, 3.8) is 0 Å². The Morgan fingerprint density at radius 1 is 1.50 bits per heavy atom. The predicted octanol–water partition coefficient (Wildman–Crippen LogP) is 2.68. The van der Waals surface area contributed by atoms with Gasteiger partial charge < -0.3 is 15.0 Å². The van der Waals surface area contributed by atoms with Crippen molar-refractivity contribution in [3.05, 3.63) is 0 Å². The molecule has 0 aliphatic carbocycles. The molecule has 1 fully saturated rings. The fourth-order valence-corrected chi connectivity index (χ4v) is 3.94. The topological polar surface area (TPSA) is 67.4 Å². The molecule has 112 valence electrons. The summed E-state index contributed by atoms with van der Waals surface area (Å²) in [6.07, 6.45) is 0.729. The largest absolute Gasteiger partial charge is 0.444 e. The summed E-state index contributed by atoms with van der Waals surface area (Å²) in [5, 5.41) is 12.3. The van der Waals surface area contributed by atoms with Gasteiger partial charge in [-0.15, -0.1) is 10.2 Å². The van der Waals surface area contributed by atoms with Gasteiger partial charge in [0.2, 0.25) is 5.13 Å². The minimum absolute atomic E-state index is 0.228. The van der Waals surface area contributed by atoms with E-state index in [9.17, 15) is 4.79 Å². The molecule has 0 aromatic carbocycles. The minimum Gasteiger partial charge on any atom is -0.444 e. The third kappa shape index (κ3) is 4.24. The van der Waals surface area contributed by atoms with Crippen LogP contribution in [0.3, 0.4) is 0 Å². The van der Waals surface area contributed by atoms with Crippen LogP contribution in [0.5, 0.6) is 0 Å². The lowest BCUT2D eigenvalue weighted by Crippen LogP contribution is -2.35. The first-order valence-electron chi connectivity index (χ1n) is 6.53. The van der Waals surface area contributed by atoms with Gasteiger partial charge in [-0.25, -0.2) is 4.79 Å². The van der Waals surface area contributed by atoms with Crippen LogP contribution < -0.4 is 5.32 Å². The Balaban J connectivity index is 1.84. The number of likely N-dealkylation sites (tertiary alicyclic amines) is 1. The molecule has 1 aromatic rings. The highest BCUT2D eigenvalue weighted by atomic mass is 32.2. The number of carbonyl (C=O) groups excluding carboxylic acids is 1. The molecule has 0 bridgehead atoms. The van der Waals surface area contributed by atoms with Crippen molar-refractivity contribution in [3.8, 4) is 0 Å². The summed E-state index contributed by atoms with van der Waals surface area (Å²) in [5.74, 6) is 0.